The molecule has 3 rings (SSSR count). The minimum absolute atomic E-state index is 0.102. The lowest BCUT2D eigenvalue weighted by Crippen LogP contribution is -2.26. The fourth-order valence-corrected chi connectivity index (χ4v) is 2.11. The summed E-state index contributed by atoms with van der Waals surface area (Å²) in [6.07, 6.45) is 1.77. The molecule has 0 N–H and O–H groups in total. The summed E-state index contributed by atoms with van der Waals surface area (Å²) in [6.45, 7) is 1.24. The van der Waals surface area contributed by atoms with Crippen LogP contribution in [-0.4, -0.2) is 21.8 Å². The molecule has 0 saturated carbocycles. The highest BCUT2D eigenvalue weighted by atomic mass is 19.1. The first kappa shape index (κ1) is 14.1. The maximum atomic E-state index is 13.9. The van der Waals surface area contributed by atoms with E-state index in [0.29, 0.717) is 5.56 Å². The Morgan fingerprint density at radius 1 is 1.18 bits per heavy atom. The van der Waals surface area contributed by atoms with Crippen molar-refractivity contribution in [2.45, 2.75) is 13.2 Å². The molecule has 0 spiro atoms. The number of carbonyl (C=O) groups is 1. The molecule has 0 bridgehead atoms. The molecular formula is C15H11F2N3O2. The van der Waals surface area contributed by atoms with E-state index < -0.39 is 23.8 Å². The average Bonchev–Trinajstić information content (AvgIpc) is 2.93. The van der Waals surface area contributed by atoms with E-state index in [4.69, 9.17) is 4.74 Å². The van der Waals surface area contributed by atoms with Crippen molar-refractivity contribution in [1.29, 1.82) is 0 Å². The lowest BCUT2D eigenvalue weighted by molar-refractivity contribution is -0.135. The third-order valence-electron chi connectivity index (χ3n) is 3.14. The number of halogens is 2. The number of hydrogen-bond donors (Lipinski definition) is 0. The van der Waals surface area contributed by atoms with E-state index in [1.165, 1.54) is 25.4 Å². The van der Waals surface area contributed by atoms with Crippen LogP contribution < -0.4 is 0 Å². The third kappa shape index (κ3) is 2.41. The zero-order valence-corrected chi connectivity index (χ0v) is 11.5. The first-order chi connectivity index (χ1) is 10.6. The number of amides is 1. The van der Waals surface area contributed by atoms with Crippen LogP contribution in [0.1, 0.15) is 24.3 Å². The number of hydrogen-bond acceptors (Lipinski definition) is 4. The van der Waals surface area contributed by atoms with Gasteiger partial charge in [0, 0.05) is 24.9 Å². The van der Waals surface area contributed by atoms with Gasteiger partial charge in [0.2, 0.25) is 18.0 Å². The lowest BCUT2D eigenvalue weighted by Gasteiger charge is -2.20. The molecule has 0 aliphatic carbocycles. The molecule has 7 heteroatoms. The van der Waals surface area contributed by atoms with Crippen molar-refractivity contribution in [1.82, 2.24) is 9.99 Å². The molecule has 0 saturated heterocycles. The number of rotatable bonds is 2. The maximum absolute atomic E-state index is 13.9. The Kier molecular flexibility index (Phi) is 3.54. The molecule has 1 atom stereocenters. The Hall–Kier alpha value is -2.83. The minimum atomic E-state index is -1.28. The summed E-state index contributed by atoms with van der Waals surface area (Å²) in [5, 5.41) is 4.93. The molecular weight excluding hydrogens is 292 g/mol. The number of hydrazone groups is 1. The molecule has 2 aromatic rings. The van der Waals surface area contributed by atoms with Gasteiger partial charge in [0.15, 0.2) is 0 Å². The molecule has 5 nitrogen and oxygen atoms in total. The van der Waals surface area contributed by atoms with Gasteiger partial charge in [-0.25, -0.2) is 8.78 Å². The first-order valence-electron chi connectivity index (χ1n) is 6.47. The smallest absolute Gasteiger partial charge is 0.243 e. The van der Waals surface area contributed by atoms with Gasteiger partial charge in [-0.2, -0.15) is 5.01 Å². The fraction of sp³-hybridized carbons (Fsp3) is 0.133. The van der Waals surface area contributed by atoms with E-state index >= 15 is 0 Å². The van der Waals surface area contributed by atoms with Crippen molar-refractivity contribution in [2.24, 2.45) is 5.10 Å². The number of pyridine rings is 1. The van der Waals surface area contributed by atoms with Crippen molar-refractivity contribution >= 4 is 11.8 Å². The molecule has 22 heavy (non-hydrogen) atoms. The van der Waals surface area contributed by atoms with Crippen LogP contribution in [0.25, 0.3) is 0 Å². The normalized spacial score (nSPS) is 17.1. The summed E-state index contributed by atoms with van der Waals surface area (Å²) in [6, 6.07) is 6.69. The van der Waals surface area contributed by atoms with Gasteiger partial charge in [0.1, 0.15) is 11.6 Å². The second-order valence-electron chi connectivity index (χ2n) is 4.61. The van der Waals surface area contributed by atoms with Gasteiger partial charge in [0.05, 0.1) is 5.56 Å². The Bertz CT molecular complexity index is 729. The fourth-order valence-electron chi connectivity index (χ4n) is 2.11. The van der Waals surface area contributed by atoms with Crippen molar-refractivity contribution in [3.63, 3.8) is 0 Å². The summed E-state index contributed by atoms with van der Waals surface area (Å²) in [5.74, 6) is -1.99. The third-order valence-corrected chi connectivity index (χ3v) is 3.14. The van der Waals surface area contributed by atoms with Gasteiger partial charge in [-0.1, -0.05) is 6.07 Å². The largest absolute Gasteiger partial charge is 0.445 e. The highest BCUT2D eigenvalue weighted by molar-refractivity contribution is 5.96. The van der Waals surface area contributed by atoms with Crippen LogP contribution in [0.2, 0.25) is 0 Å². The van der Waals surface area contributed by atoms with Gasteiger partial charge in [-0.3, -0.25) is 9.78 Å². The van der Waals surface area contributed by atoms with Crippen LogP contribution in [0, 0.1) is 11.6 Å². The maximum Gasteiger partial charge on any atom is 0.243 e. The molecule has 0 fully saturated rings. The van der Waals surface area contributed by atoms with E-state index in [1.807, 2.05) is 0 Å². The predicted molar refractivity (Wildman–Crippen MR) is 73.5 cm³/mol. The van der Waals surface area contributed by atoms with Crippen molar-refractivity contribution in [3.05, 3.63) is 65.5 Å². The highest BCUT2D eigenvalue weighted by Crippen LogP contribution is 2.33. The minimum Gasteiger partial charge on any atom is -0.445 e. The molecule has 112 valence electrons. The number of nitrogens with zero attached hydrogens (tertiary/aromatic N) is 3. The molecule has 1 amide bonds. The Balaban J connectivity index is 2.02. The van der Waals surface area contributed by atoms with Crippen LogP contribution in [0.4, 0.5) is 8.78 Å². The van der Waals surface area contributed by atoms with Crippen molar-refractivity contribution < 1.29 is 18.3 Å². The second kappa shape index (κ2) is 5.51. The SMILES string of the molecule is CC(=O)N1N=C(c2ccncc2)OC1c1c(F)cccc1F. The summed E-state index contributed by atoms with van der Waals surface area (Å²) in [5.41, 5.74) is 0.200. The summed E-state index contributed by atoms with van der Waals surface area (Å²) in [7, 11) is 0. The second-order valence-corrected chi connectivity index (χ2v) is 4.61. The van der Waals surface area contributed by atoms with Crippen molar-refractivity contribution in [2.75, 3.05) is 0 Å². The molecule has 1 aliphatic heterocycles. The van der Waals surface area contributed by atoms with Crippen LogP contribution in [0.3, 0.4) is 0 Å². The summed E-state index contributed by atoms with van der Waals surface area (Å²) < 4.78 is 33.4. The van der Waals surface area contributed by atoms with Crippen molar-refractivity contribution in [3.8, 4) is 0 Å². The van der Waals surface area contributed by atoms with Gasteiger partial charge >= 0.3 is 0 Å². The molecule has 1 aliphatic rings. The number of ether oxygens (including phenoxy) is 1. The average molecular weight is 303 g/mol. The van der Waals surface area contributed by atoms with E-state index in [2.05, 4.69) is 10.1 Å². The van der Waals surface area contributed by atoms with Crippen LogP contribution in [-0.2, 0) is 9.53 Å². The van der Waals surface area contributed by atoms with Gasteiger partial charge in [-0.15, -0.1) is 5.10 Å². The number of aromatic nitrogens is 1. The first-order valence-corrected chi connectivity index (χ1v) is 6.47. The molecule has 1 unspecified atom stereocenters. The van der Waals surface area contributed by atoms with Crippen LogP contribution in [0.5, 0.6) is 0 Å². The predicted octanol–water partition coefficient (Wildman–Crippen LogP) is 2.60. The lowest BCUT2D eigenvalue weighted by atomic mass is 10.1. The van der Waals surface area contributed by atoms with Gasteiger partial charge < -0.3 is 4.74 Å². The van der Waals surface area contributed by atoms with E-state index in [9.17, 15) is 13.6 Å². The van der Waals surface area contributed by atoms with E-state index in [1.54, 1.807) is 12.1 Å². The van der Waals surface area contributed by atoms with Crippen LogP contribution in [0.15, 0.2) is 47.8 Å². The highest BCUT2D eigenvalue weighted by Gasteiger charge is 2.36. The number of carbonyl (C=O) groups excluding carboxylic acids is 1. The monoisotopic (exact) mass is 303 g/mol. The Labute approximate surface area is 124 Å². The molecule has 2 heterocycles. The topological polar surface area (TPSA) is 54.8 Å². The molecule has 1 aromatic carbocycles. The van der Waals surface area contributed by atoms with Gasteiger partial charge in [0.25, 0.3) is 0 Å². The molecule has 1 aromatic heterocycles. The summed E-state index contributed by atoms with van der Waals surface area (Å²) in [4.78, 5) is 15.6. The van der Waals surface area contributed by atoms with E-state index in [0.717, 1.165) is 17.1 Å². The summed E-state index contributed by atoms with van der Waals surface area (Å²) >= 11 is 0. The Morgan fingerprint density at radius 3 is 2.41 bits per heavy atom. The standard InChI is InChI=1S/C15H11F2N3O2/c1-9(21)20-15(13-11(16)3-2-4-12(13)17)22-14(19-20)10-5-7-18-8-6-10/h2-8,15H,1H3. The zero-order valence-electron chi connectivity index (χ0n) is 11.5. The van der Waals surface area contributed by atoms with E-state index in [-0.39, 0.29) is 11.5 Å². The van der Waals surface area contributed by atoms with Crippen LogP contribution >= 0.6 is 0 Å². The quantitative estimate of drug-likeness (QED) is 0.857. The van der Waals surface area contributed by atoms with Gasteiger partial charge in [-0.05, 0) is 24.3 Å². The number of benzene rings is 1. The Morgan fingerprint density at radius 2 is 1.82 bits per heavy atom. The molecule has 0 radical (unpaired) electrons. The zero-order chi connectivity index (χ0) is 15.7.